The van der Waals surface area contributed by atoms with Crippen LogP contribution in [0, 0.1) is 0 Å². The first-order chi connectivity index (χ1) is 8.75. The molecule has 1 N–H and O–H groups in total. The average Bonchev–Trinajstić information content (AvgIpc) is 2.91. The minimum Gasteiger partial charge on any atom is -0.486 e. The van der Waals surface area contributed by atoms with Crippen molar-refractivity contribution in [2.75, 3.05) is 13.2 Å². The van der Waals surface area contributed by atoms with Gasteiger partial charge in [-0.3, -0.25) is 0 Å². The van der Waals surface area contributed by atoms with Gasteiger partial charge >= 0.3 is 0 Å². The molecule has 0 saturated heterocycles. The third kappa shape index (κ3) is 2.13. The van der Waals surface area contributed by atoms with Gasteiger partial charge in [0, 0.05) is 14.9 Å². The first-order valence-electron chi connectivity index (χ1n) is 5.56. The van der Waals surface area contributed by atoms with Crippen molar-refractivity contribution in [2.24, 2.45) is 0 Å². The molecule has 1 aliphatic heterocycles. The van der Waals surface area contributed by atoms with Crippen molar-refractivity contribution < 1.29 is 14.6 Å². The Balaban J connectivity index is 2.01. The summed E-state index contributed by atoms with van der Waals surface area (Å²) in [4.78, 5) is 0.910. The SMILES string of the molecule is OC(c1cccs1)c1cc2c(cc1Br)OCCO2. The molecule has 18 heavy (non-hydrogen) atoms. The van der Waals surface area contributed by atoms with Gasteiger partial charge in [0.15, 0.2) is 11.5 Å². The smallest absolute Gasteiger partial charge is 0.162 e. The zero-order chi connectivity index (χ0) is 12.5. The Morgan fingerprint density at radius 1 is 1.22 bits per heavy atom. The molecule has 1 atom stereocenters. The second kappa shape index (κ2) is 4.91. The van der Waals surface area contributed by atoms with Gasteiger partial charge in [-0.05, 0) is 23.6 Å². The summed E-state index contributed by atoms with van der Waals surface area (Å²) in [6.07, 6.45) is -0.643. The summed E-state index contributed by atoms with van der Waals surface area (Å²) >= 11 is 5.00. The molecule has 0 radical (unpaired) electrons. The lowest BCUT2D eigenvalue weighted by Gasteiger charge is -2.21. The van der Waals surface area contributed by atoms with Crippen molar-refractivity contribution >= 4 is 27.3 Å². The van der Waals surface area contributed by atoms with Gasteiger partial charge in [0.25, 0.3) is 0 Å². The molecule has 0 saturated carbocycles. The largest absolute Gasteiger partial charge is 0.486 e. The van der Waals surface area contributed by atoms with Crippen LogP contribution in [0.25, 0.3) is 0 Å². The minimum atomic E-state index is -0.643. The highest BCUT2D eigenvalue weighted by Gasteiger charge is 2.20. The number of thiophene rings is 1. The first-order valence-corrected chi connectivity index (χ1v) is 7.23. The maximum absolute atomic E-state index is 10.3. The van der Waals surface area contributed by atoms with Crippen molar-refractivity contribution in [1.82, 2.24) is 0 Å². The predicted molar refractivity (Wildman–Crippen MR) is 73.5 cm³/mol. The van der Waals surface area contributed by atoms with Crippen LogP contribution in [0.1, 0.15) is 16.5 Å². The lowest BCUT2D eigenvalue weighted by atomic mass is 10.1. The lowest BCUT2D eigenvalue weighted by Crippen LogP contribution is -2.16. The van der Waals surface area contributed by atoms with Crippen LogP contribution in [0.15, 0.2) is 34.1 Å². The van der Waals surface area contributed by atoms with Crippen LogP contribution in [0.4, 0.5) is 0 Å². The summed E-state index contributed by atoms with van der Waals surface area (Å²) in [6.45, 7) is 1.11. The fraction of sp³-hybridized carbons (Fsp3) is 0.231. The average molecular weight is 327 g/mol. The van der Waals surface area contributed by atoms with Crippen LogP contribution in [-0.4, -0.2) is 18.3 Å². The van der Waals surface area contributed by atoms with Gasteiger partial charge in [-0.1, -0.05) is 22.0 Å². The Morgan fingerprint density at radius 2 is 1.94 bits per heavy atom. The summed E-state index contributed by atoms with van der Waals surface area (Å²) < 4.78 is 11.9. The molecule has 1 aromatic carbocycles. The number of rotatable bonds is 2. The topological polar surface area (TPSA) is 38.7 Å². The van der Waals surface area contributed by atoms with E-state index in [9.17, 15) is 5.11 Å². The highest BCUT2D eigenvalue weighted by Crippen LogP contribution is 2.40. The number of fused-ring (bicyclic) bond motifs is 1. The third-order valence-electron chi connectivity index (χ3n) is 2.77. The summed E-state index contributed by atoms with van der Waals surface area (Å²) in [5.41, 5.74) is 0.793. The second-order valence-electron chi connectivity index (χ2n) is 3.94. The normalized spacial score (nSPS) is 15.4. The molecule has 0 fully saturated rings. The van der Waals surface area contributed by atoms with Crippen molar-refractivity contribution in [3.05, 3.63) is 44.6 Å². The third-order valence-corrected chi connectivity index (χ3v) is 4.38. The molecule has 0 aliphatic carbocycles. The summed E-state index contributed by atoms with van der Waals surface area (Å²) in [5.74, 6) is 1.41. The maximum atomic E-state index is 10.3. The number of aliphatic hydroxyl groups is 1. The Hall–Kier alpha value is -1.04. The van der Waals surface area contributed by atoms with Crippen LogP contribution in [0.3, 0.4) is 0 Å². The van der Waals surface area contributed by atoms with E-state index in [2.05, 4.69) is 15.9 Å². The molecular formula is C13H11BrO3S. The molecule has 1 aromatic heterocycles. The van der Waals surface area contributed by atoms with E-state index in [1.807, 2.05) is 29.6 Å². The first kappa shape index (κ1) is 12.0. The van der Waals surface area contributed by atoms with Gasteiger partial charge in [0.2, 0.25) is 0 Å². The standard InChI is InChI=1S/C13H11BrO3S/c14-9-7-11-10(16-3-4-17-11)6-8(9)13(15)12-2-1-5-18-12/h1-2,5-7,13,15H,3-4H2. The van der Waals surface area contributed by atoms with Gasteiger partial charge in [-0.2, -0.15) is 0 Å². The molecule has 3 nitrogen and oxygen atoms in total. The number of halogens is 1. The van der Waals surface area contributed by atoms with Gasteiger partial charge in [0.1, 0.15) is 19.3 Å². The summed E-state index contributed by atoms with van der Waals surface area (Å²) in [7, 11) is 0. The lowest BCUT2D eigenvalue weighted by molar-refractivity contribution is 0.169. The van der Waals surface area contributed by atoms with Crippen LogP contribution in [0.2, 0.25) is 0 Å². The molecule has 1 unspecified atom stereocenters. The number of hydrogen-bond acceptors (Lipinski definition) is 4. The Bertz CT molecular complexity index is 554. The van der Waals surface area contributed by atoms with Gasteiger partial charge in [-0.25, -0.2) is 0 Å². The molecule has 0 amide bonds. The van der Waals surface area contributed by atoms with Crippen molar-refractivity contribution in [3.63, 3.8) is 0 Å². The number of hydrogen-bond donors (Lipinski definition) is 1. The van der Waals surface area contributed by atoms with Crippen molar-refractivity contribution in [2.45, 2.75) is 6.10 Å². The van der Waals surface area contributed by atoms with E-state index in [1.54, 1.807) is 0 Å². The molecule has 0 spiro atoms. The van der Waals surface area contributed by atoms with Crippen molar-refractivity contribution in [3.8, 4) is 11.5 Å². The molecule has 2 aromatic rings. The number of benzene rings is 1. The molecule has 94 valence electrons. The van der Waals surface area contributed by atoms with Gasteiger partial charge < -0.3 is 14.6 Å². The molecule has 5 heteroatoms. The summed E-state index contributed by atoms with van der Waals surface area (Å²) in [6, 6.07) is 7.53. The monoisotopic (exact) mass is 326 g/mol. The van der Waals surface area contributed by atoms with Crippen LogP contribution < -0.4 is 9.47 Å². The summed E-state index contributed by atoms with van der Waals surface area (Å²) in [5, 5.41) is 12.3. The fourth-order valence-electron chi connectivity index (χ4n) is 1.89. The molecular weight excluding hydrogens is 316 g/mol. The van der Waals surface area contributed by atoms with Gasteiger partial charge in [0.05, 0.1) is 0 Å². The van der Waals surface area contributed by atoms with Crippen molar-refractivity contribution in [1.29, 1.82) is 0 Å². The highest BCUT2D eigenvalue weighted by molar-refractivity contribution is 9.10. The quantitative estimate of drug-likeness (QED) is 0.919. The minimum absolute atomic E-state index is 0.545. The van der Waals surface area contributed by atoms with Crippen LogP contribution >= 0.6 is 27.3 Å². The Morgan fingerprint density at radius 3 is 2.61 bits per heavy atom. The zero-order valence-electron chi connectivity index (χ0n) is 9.43. The highest BCUT2D eigenvalue weighted by atomic mass is 79.9. The van der Waals surface area contributed by atoms with Crippen LogP contribution in [0.5, 0.6) is 11.5 Å². The second-order valence-corrected chi connectivity index (χ2v) is 5.77. The number of ether oxygens (including phenoxy) is 2. The fourth-order valence-corrected chi connectivity index (χ4v) is 3.16. The van der Waals surface area contributed by atoms with E-state index in [4.69, 9.17) is 9.47 Å². The number of aliphatic hydroxyl groups excluding tert-OH is 1. The maximum Gasteiger partial charge on any atom is 0.162 e. The molecule has 2 heterocycles. The Labute approximate surface area is 117 Å². The van der Waals surface area contributed by atoms with Gasteiger partial charge in [-0.15, -0.1) is 11.3 Å². The molecule has 0 bridgehead atoms. The van der Waals surface area contributed by atoms with E-state index in [1.165, 1.54) is 11.3 Å². The van der Waals surface area contributed by atoms with E-state index < -0.39 is 6.10 Å². The van der Waals surface area contributed by atoms with E-state index >= 15 is 0 Å². The molecule has 1 aliphatic rings. The van der Waals surface area contributed by atoms with E-state index in [0.29, 0.717) is 19.0 Å². The molecule has 3 rings (SSSR count). The predicted octanol–water partition coefficient (Wildman–Crippen LogP) is 3.36. The zero-order valence-corrected chi connectivity index (χ0v) is 11.8. The Kier molecular flexibility index (Phi) is 3.28. The van der Waals surface area contributed by atoms with Crippen LogP contribution in [-0.2, 0) is 0 Å². The van der Waals surface area contributed by atoms with E-state index in [0.717, 1.165) is 20.7 Å². The van der Waals surface area contributed by atoms with E-state index in [-0.39, 0.29) is 0 Å².